The van der Waals surface area contributed by atoms with Gasteiger partial charge in [0.1, 0.15) is 11.7 Å². The molecule has 0 spiro atoms. The van der Waals surface area contributed by atoms with Gasteiger partial charge in [0, 0.05) is 5.56 Å². The molecule has 0 radical (unpaired) electrons. The predicted molar refractivity (Wildman–Crippen MR) is 106 cm³/mol. The van der Waals surface area contributed by atoms with Crippen LogP contribution in [0.2, 0.25) is 0 Å². The summed E-state index contributed by atoms with van der Waals surface area (Å²) in [6.45, 7) is 1.75. The molecule has 140 valence electrons. The maximum Gasteiger partial charge on any atom is 0.270 e. The second kappa shape index (κ2) is 5.90. The molecule has 2 aliphatic heterocycles. The highest BCUT2D eigenvalue weighted by Gasteiger charge is 2.54. The van der Waals surface area contributed by atoms with Crippen molar-refractivity contribution in [2.45, 2.75) is 18.7 Å². The number of aromatic nitrogens is 1. The van der Waals surface area contributed by atoms with Crippen molar-refractivity contribution in [1.29, 1.82) is 0 Å². The van der Waals surface area contributed by atoms with E-state index >= 15 is 0 Å². The van der Waals surface area contributed by atoms with E-state index in [-0.39, 0.29) is 5.56 Å². The number of hydrogen-bond donors (Lipinski definition) is 1. The van der Waals surface area contributed by atoms with Crippen molar-refractivity contribution in [1.82, 2.24) is 4.57 Å². The number of primary amides is 1. The van der Waals surface area contributed by atoms with Crippen molar-refractivity contribution in [3.8, 4) is 5.75 Å². The number of ether oxygens (including phenoxy) is 1. The van der Waals surface area contributed by atoms with E-state index in [0.717, 1.165) is 11.1 Å². The van der Waals surface area contributed by atoms with Crippen LogP contribution < -0.4 is 25.4 Å². The molecule has 7 heteroatoms. The molecular formula is C21H17N3O3S. The van der Waals surface area contributed by atoms with E-state index in [1.807, 2.05) is 60.7 Å². The van der Waals surface area contributed by atoms with Crippen molar-refractivity contribution in [2.24, 2.45) is 16.6 Å². The first-order valence-electron chi connectivity index (χ1n) is 8.93. The molecule has 0 saturated carbocycles. The number of rotatable bonds is 2. The lowest BCUT2D eigenvalue weighted by Crippen LogP contribution is -2.59. The Kier molecular flexibility index (Phi) is 3.57. The topological polar surface area (TPSA) is 86.7 Å². The molecule has 2 N–H and O–H groups in total. The normalized spacial score (nSPS) is 25.2. The third-order valence-corrected chi connectivity index (χ3v) is 6.27. The molecule has 0 aliphatic carbocycles. The van der Waals surface area contributed by atoms with Gasteiger partial charge in [-0.15, -0.1) is 0 Å². The van der Waals surface area contributed by atoms with Crippen LogP contribution in [0, 0.1) is 5.92 Å². The fourth-order valence-corrected chi connectivity index (χ4v) is 5.18. The fourth-order valence-electron chi connectivity index (χ4n) is 4.08. The quantitative estimate of drug-likeness (QED) is 0.712. The van der Waals surface area contributed by atoms with Crippen LogP contribution in [0.25, 0.3) is 6.08 Å². The third-order valence-electron chi connectivity index (χ3n) is 5.28. The molecule has 3 atom stereocenters. The number of benzene rings is 2. The van der Waals surface area contributed by atoms with Crippen molar-refractivity contribution >= 4 is 23.3 Å². The molecule has 0 saturated heterocycles. The summed E-state index contributed by atoms with van der Waals surface area (Å²) in [5.74, 6) is -0.691. The van der Waals surface area contributed by atoms with Crippen molar-refractivity contribution in [2.75, 3.05) is 0 Å². The number of nitrogens with zero attached hydrogens (tertiary/aromatic N) is 2. The summed E-state index contributed by atoms with van der Waals surface area (Å²) >= 11 is 1.30. The zero-order valence-electron chi connectivity index (χ0n) is 15.0. The molecule has 2 aromatic carbocycles. The Labute approximate surface area is 164 Å². The minimum absolute atomic E-state index is 0.178. The van der Waals surface area contributed by atoms with E-state index in [9.17, 15) is 9.59 Å². The lowest BCUT2D eigenvalue weighted by Gasteiger charge is -2.44. The first-order valence-corrected chi connectivity index (χ1v) is 9.75. The van der Waals surface area contributed by atoms with Crippen LogP contribution in [0.5, 0.6) is 5.75 Å². The van der Waals surface area contributed by atoms with Crippen LogP contribution in [0.15, 0.2) is 64.4 Å². The molecule has 0 fully saturated rings. The van der Waals surface area contributed by atoms with Crippen LogP contribution in [-0.2, 0) is 4.79 Å². The maximum atomic E-state index is 13.3. The van der Waals surface area contributed by atoms with Gasteiger partial charge in [0.2, 0.25) is 11.6 Å². The van der Waals surface area contributed by atoms with Gasteiger partial charge in [-0.3, -0.25) is 14.2 Å². The summed E-state index contributed by atoms with van der Waals surface area (Å²) < 4.78 is 8.25. The smallest absolute Gasteiger partial charge is 0.270 e. The third kappa shape index (κ3) is 2.36. The van der Waals surface area contributed by atoms with Gasteiger partial charge in [-0.2, -0.15) is 0 Å². The molecule has 28 heavy (non-hydrogen) atoms. The number of nitrogens with two attached hydrogens (primary N) is 1. The van der Waals surface area contributed by atoms with E-state index in [0.29, 0.717) is 15.1 Å². The number of amides is 1. The first-order chi connectivity index (χ1) is 13.5. The first kappa shape index (κ1) is 16.9. The number of thiazole rings is 1. The summed E-state index contributed by atoms with van der Waals surface area (Å²) in [6.07, 6.45) is 1.84. The van der Waals surface area contributed by atoms with E-state index < -0.39 is 23.6 Å². The molecule has 0 unspecified atom stereocenters. The van der Waals surface area contributed by atoms with Crippen molar-refractivity contribution < 1.29 is 9.53 Å². The zero-order valence-corrected chi connectivity index (χ0v) is 15.8. The summed E-state index contributed by atoms with van der Waals surface area (Å²) in [7, 11) is 0. The Balaban J connectivity index is 1.83. The maximum absolute atomic E-state index is 13.3. The Hall–Kier alpha value is -3.19. The van der Waals surface area contributed by atoms with Gasteiger partial charge in [0.05, 0.1) is 10.6 Å². The minimum atomic E-state index is -1.15. The number of hydrogen-bond acceptors (Lipinski definition) is 5. The van der Waals surface area contributed by atoms with Gasteiger partial charge in [0.25, 0.3) is 5.56 Å². The predicted octanol–water partition coefficient (Wildman–Crippen LogP) is 1.17. The Morgan fingerprint density at radius 1 is 1.21 bits per heavy atom. The van der Waals surface area contributed by atoms with Gasteiger partial charge in [0.15, 0.2) is 4.80 Å². The Morgan fingerprint density at radius 3 is 2.68 bits per heavy atom. The van der Waals surface area contributed by atoms with E-state index in [1.54, 1.807) is 11.5 Å². The van der Waals surface area contributed by atoms with Gasteiger partial charge in [-0.1, -0.05) is 59.9 Å². The number of fused-ring (bicyclic) bond motifs is 6. The highest BCUT2D eigenvalue weighted by molar-refractivity contribution is 7.07. The average Bonchev–Trinajstić information content (AvgIpc) is 2.95. The molecule has 1 amide bonds. The highest BCUT2D eigenvalue weighted by atomic mass is 32.1. The largest absolute Gasteiger partial charge is 0.465 e. The highest BCUT2D eigenvalue weighted by Crippen LogP contribution is 2.46. The molecular weight excluding hydrogens is 374 g/mol. The summed E-state index contributed by atoms with van der Waals surface area (Å²) in [5.41, 5.74) is 6.11. The molecule has 3 aromatic rings. The SMILES string of the molecule is C[C@@]12N=c3s/c(=C\c4ccccc4)c(=O)n3[C@@H](c3ccccc3O1)[C@@H]2C(N)=O. The van der Waals surface area contributed by atoms with E-state index in [4.69, 9.17) is 10.5 Å². The number of carbonyl (C=O) groups is 1. The lowest BCUT2D eigenvalue weighted by molar-refractivity contribution is -0.133. The molecule has 2 bridgehead atoms. The average molecular weight is 391 g/mol. The second-order valence-corrected chi connectivity index (χ2v) is 8.12. The van der Waals surface area contributed by atoms with E-state index in [1.165, 1.54) is 11.3 Å². The van der Waals surface area contributed by atoms with Crippen LogP contribution in [-0.4, -0.2) is 16.2 Å². The Bertz CT molecular complexity index is 1280. The van der Waals surface area contributed by atoms with Gasteiger partial charge < -0.3 is 10.5 Å². The minimum Gasteiger partial charge on any atom is -0.465 e. The number of para-hydroxylation sites is 1. The van der Waals surface area contributed by atoms with Gasteiger partial charge >= 0.3 is 0 Å². The van der Waals surface area contributed by atoms with Crippen LogP contribution in [0.1, 0.15) is 24.1 Å². The molecule has 1 aromatic heterocycles. The monoisotopic (exact) mass is 391 g/mol. The number of carbonyl (C=O) groups excluding carboxylic acids is 1. The van der Waals surface area contributed by atoms with Crippen molar-refractivity contribution in [3.63, 3.8) is 0 Å². The van der Waals surface area contributed by atoms with Crippen molar-refractivity contribution in [3.05, 3.63) is 85.4 Å². The van der Waals surface area contributed by atoms with E-state index in [2.05, 4.69) is 4.99 Å². The van der Waals surface area contributed by atoms with Crippen LogP contribution in [0.4, 0.5) is 0 Å². The van der Waals surface area contributed by atoms with Gasteiger partial charge in [-0.05, 0) is 24.6 Å². The Morgan fingerprint density at radius 2 is 1.93 bits per heavy atom. The molecule has 3 heterocycles. The zero-order chi connectivity index (χ0) is 19.5. The fraction of sp³-hybridized carbons (Fsp3) is 0.190. The molecule has 6 nitrogen and oxygen atoms in total. The second-order valence-electron chi connectivity index (χ2n) is 7.11. The molecule has 2 aliphatic rings. The summed E-state index contributed by atoms with van der Waals surface area (Å²) in [4.78, 5) is 30.8. The summed E-state index contributed by atoms with van der Waals surface area (Å²) in [6, 6.07) is 16.5. The van der Waals surface area contributed by atoms with Crippen LogP contribution in [0.3, 0.4) is 0 Å². The van der Waals surface area contributed by atoms with Crippen LogP contribution >= 0.6 is 11.3 Å². The molecule has 5 rings (SSSR count). The standard InChI is InChI=1S/C21H17N3O3S/c1-21-16(18(22)25)17(13-9-5-6-10-14(13)27-21)24-19(26)15(28-20(24)23-21)11-12-7-3-2-4-8-12/h2-11,16-17H,1H3,(H2,22,25)/b15-11-/t16-,17+,21-/m1/s1. The van der Waals surface area contributed by atoms with Gasteiger partial charge in [-0.25, -0.2) is 4.99 Å². The lowest BCUT2D eigenvalue weighted by atomic mass is 9.81. The summed E-state index contributed by atoms with van der Waals surface area (Å²) in [5, 5.41) is 0.